The van der Waals surface area contributed by atoms with Gasteiger partial charge in [0.1, 0.15) is 5.82 Å². The second kappa shape index (κ2) is 9.19. The molecule has 3 nitrogen and oxygen atoms in total. The molecule has 0 unspecified atom stereocenters. The fourth-order valence-corrected chi connectivity index (χ4v) is 1.86. The minimum Gasteiger partial charge on any atom is -0.356 e. The van der Waals surface area contributed by atoms with Crippen molar-refractivity contribution in [3.8, 4) is 0 Å². The lowest BCUT2D eigenvalue weighted by molar-refractivity contribution is -0.100. The van der Waals surface area contributed by atoms with Crippen LogP contribution in [-0.2, 0) is 15.9 Å². The van der Waals surface area contributed by atoms with Gasteiger partial charge in [-0.25, -0.2) is 4.39 Å². The van der Waals surface area contributed by atoms with Crippen molar-refractivity contribution < 1.29 is 18.7 Å². The standard InChI is InChI=1S/C11H12BrFO3.C2H6/c1-15-11(16-2)4-7-3-8(12)5-10(13)9(7)6-14;1-2/h3,5-6,11H,4H2,1-2H3;1-2H3. The van der Waals surface area contributed by atoms with Crippen molar-refractivity contribution in [2.24, 2.45) is 0 Å². The number of aldehydes is 1. The molecule has 0 aliphatic carbocycles. The Morgan fingerprint density at radius 3 is 2.33 bits per heavy atom. The molecule has 0 heterocycles. The van der Waals surface area contributed by atoms with Crippen molar-refractivity contribution in [2.75, 3.05) is 14.2 Å². The molecule has 0 atom stereocenters. The van der Waals surface area contributed by atoms with Gasteiger partial charge in [-0.1, -0.05) is 29.8 Å². The molecule has 5 heteroatoms. The summed E-state index contributed by atoms with van der Waals surface area (Å²) < 4.78 is 24.0. The lowest BCUT2D eigenvalue weighted by Gasteiger charge is -2.15. The van der Waals surface area contributed by atoms with Gasteiger partial charge in [0, 0.05) is 25.1 Å². The first-order valence-electron chi connectivity index (χ1n) is 5.61. The van der Waals surface area contributed by atoms with Crippen molar-refractivity contribution >= 4 is 22.2 Å². The van der Waals surface area contributed by atoms with Crippen LogP contribution in [0.1, 0.15) is 29.8 Å². The molecule has 1 rings (SSSR count). The summed E-state index contributed by atoms with van der Waals surface area (Å²) in [5, 5.41) is 0. The zero-order chi connectivity index (χ0) is 14.1. The number of carbonyl (C=O) groups excluding carboxylic acids is 1. The third kappa shape index (κ3) is 4.84. The molecular formula is C13H18BrFO3. The van der Waals surface area contributed by atoms with Gasteiger partial charge in [-0.15, -0.1) is 0 Å². The number of rotatable bonds is 5. The molecule has 0 fully saturated rings. The van der Waals surface area contributed by atoms with Gasteiger partial charge in [0.25, 0.3) is 0 Å². The van der Waals surface area contributed by atoms with Crippen molar-refractivity contribution in [3.63, 3.8) is 0 Å². The molecule has 0 amide bonds. The van der Waals surface area contributed by atoms with Crippen LogP contribution in [0.25, 0.3) is 0 Å². The Labute approximate surface area is 115 Å². The van der Waals surface area contributed by atoms with Crippen LogP contribution < -0.4 is 0 Å². The van der Waals surface area contributed by atoms with E-state index in [4.69, 9.17) is 9.47 Å². The van der Waals surface area contributed by atoms with Gasteiger partial charge in [-0.05, 0) is 17.7 Å². The fourth-order valence-electron chi connectivity index (χ4n) is 1.38. The highest BCUT2D eigenvalue weighted by molar-refractivity contribution is 9.10. The van der Waals surface area contributed by atoms with Gasteiger partial charge in [0.15, 0.2) is 12.6 Å². The molecule has 0 radical (unpaired) electrons. The highest BCUT2D eigenvalue weighted by Gasteiger charge is 2.14. The molecule has 0 saturated heterocycles. The Balaban J connectivity index is 0.00000137. The smallest absolute Gasteiger partial charge is 0.160 e. The van der Waals surface area contributed by atoms with E-state index in [1.165, 1.54) is 20.3 Å². The SMILES string of the molecule is CC.COC(Cc1cc(Br)cc(F)c1C=O)OC. The predicted octanol–water partition coefficient (Wildman–Crippen LogP) is 3.59. The van der Waals surface area contributed by atoms with Gasteiger partial charge in [-0.2, -0.15) is 0 Å². The molecule has 0 saturated carbocycles. The predicted molar refractivity (Wildman–Crippen MR) is 72.3 cm³/mol. The molecule has 0 bridgehead atoms. The number of ether oxygens (including phenoxy) is 2. The molecule has 0 aliphatic rings. The third-order valence-electron chi connectivity index (χ3n) is 2.21. The first-order valence-corrected chi connectivity index (χ1v) is 6.40. The van der Waals surface area contributed by atoms with Crippen LogP contribution in [0.15, 0.2) is 16.6 Å². The van der Waals surface area contributed by atoms with E-state index >= 15 is 0 Å². The second-order valence-electron chi connectivity index (χ2n) is 3.18. The van der Waals surface area contributed by atoms with Crippen LogP contribution in [0.4, 0.5) is 4.39 Å². The van der Waals surface area contributed by atoms with Crippen molar-refractivity contribution in [2.45, 2.75) is 26.6 Å². The highest BCUT2D eigenvalue weighted by Crippen LogP contribution is 2.21. The summed E-state index contributed by atoms with van der Waals surface area (Å²) in [6, 6.07) is 2.93. The molecular weight excluding hydrogens is 303 g/mol. The largest absolute Gasteiger partial charge is 0.356 e. The zero-order valence-corrected chi connectivity index (χ0v) is 12.6. The molecule has 18 heavy (non-hydrogen) atoms. The summed E-state index contributed by atoms with van der Waals surface area (Å²) in [5.74, 6) is -0.551. The Hall–Kier alpha value is -0.780. The average Bonchev–Trinajstić information content (AvgIpc) is 2.37. The van der Waals surface area contributed by atoms with E-state index in [-0.39, 0.29) is 5.56 Å². The Morgan fingerprint density at radius 1 is 1.33 bits per heavy atom. The number of methoxy groups -OCH3 is 2. The Morgan fingerprint density at radius 2 is 1.89 bits per heavy atom. The highest BCUT2D eigenvalue weighted by atomic mass is 79.9. The molecule has 0 spiro atoms. The fraction of sp³-hybridized carbons (Fsp3) is 0.462. The lowest BCUT2D eigenvalue weighted by atomic mass is 10.0. The summed E-state index contributed by atoms with van der Waals surface area (Å²) >= 11 is 3.17. The van der Waals surface area contributed by atoms with E-state index in [1.54, 1.807) is 6.07 Å². The zero-order valence-electron chi connectivity index (χ0n) is 11.0. The van der Waals surface area contributed by atoms with Crippen LogP contribution in [0, 0.1) is 5.82 Å². The monoisotopic (exact) mass is 320 g/mol. The van der Waals surface area contributed by atoms with Gasteiger partial charge in [0.05, 0.1) is 5.56 Å². The topological polar surface area (TPSA) is 35.5 Å². The van der Waals surface area contributed by atoms with Crippen LogP contribution in [0.2, 0.25) is 0 Å². The van der Waals surface area contributed by atoms with Crippen LogP contribution in [0.3, 0.4) is 0 Å². The lowest BCUT2D eigenvalue weighted by Crippen LogP contribution is -2.17. The number of hydrogen-bond donors (Lipinski definition) is 0. The van der Waals surface area contributed by atoms with Gasteiger partial charge >= 0.3 is 0 Å². The molecule has 1 aromatic carbocycles. The number of hydrogen-bond acceptors (Lipinski definition) is 3. The van der Waals surface area contributed by atoms with Crippen LogP contribution in [0.5, 0.6) is 0 Å². The normalized spacial score (nSPS) is 9.94. The molecule has 0 aliphatic heterocycles. The maximum atomic E-state index is 13.4. The summed E-state index contributed by atoms with van der Waals surface area (Å²) in [4.78, 5) is 10.8. The quantitative estimate of drug-likeness (QED) is 0.614. The molecule has 1 aromatic rings. The summed E-state index contributed by atoms with van der Waals surface area (Å²) in [5.41, 5.74) is 0.595. The van der Waals surface area contributed by atoms with E-state index in [2.05, 4.69) is 15.9 Å². The van der Waals surface area contributed by atoms with E-state index in [9.17, 15) is 9.18 Å². The molecule has 0 N–H and O–H groups in total. The van der Waals surface area contributed by atoms with E-state index in [0.717, 1.165) is 0 Å². The van der Waals surface area contributed by atoms with Crippen molar-refractivity contribution in [1.29, 1.82) is 0 Å². The van der Waals surface area contributed by atoms with Crippen molar-refractivity contribution in [1.82, 2.24) is 0 Å². The van der Waals surface area contributed by atoms with E-state index in [0.29, 0.717) is 22.7 Å². The summed E-state index contributed by atoms with van der Waals surface area (Å²) in [6.07, 6.45) is 0.323. The summed E-state index contributed by atoms with van der Waals surface area (Å²) in [7, 11) is 2.98. The Bertz CT molecular complexity index is 379. The van der Waals surface area contributed by atoms with Gasteiger partial charge < -0.3 is 9.47 Å². The van der Waals surface area contributed by atoms with Gasteiger partial charge in [0.2, 0.25) is 0 Å². The average molecular weight is 321 g/mol. The third-order valence-corrected chi connectivity index (χ3v) is 2.67. The van der Waals surface area contributed by atoms with E-state index in [1.807, 2.05) is 13.8 Å². The van der Waals surface area contributed by atoms with E-state index < -0.39 is 12.1 Å². The first kappa shape index (κ1) is 17.2. The minimum absolute atomic E-state index is 0.0438. The van der Waals surface area contributed by atoms with Crippen LogP contribution >= 0.6 is 15.9 Å². The van der Waals surface area contributed by atoms with Crippen LogP contribution in [-0.4, -0.2) is 26.8 Å². The van der Waals surface area contributed by atoms with Crippen molar-refractivity contribution in [3.05, 3.63) is 33.5 Å². The maximum absolute atomic E-state index is 13.4. The summed E-state index contributed by atoms with van der Waals surface area (Å²) in [6.45, 7) is 4.00. The number of benzene rings is 1. The van der Waals surface area contributed by atoms with Gasteiger partial charge in [-0.3, -0.25) is 4.79 Å². The number of carbonyl (C=O) groups is 1. The molecule has 102 valence electrons. The maximum Gasteiger partial charge on any atom is 0.160 e. The first-order chi connectivity index (χ1) is 8.62. The molecule has 0 aromatic heterocycles. The minimum atomic E-state index is -0.551. The Kier molecular flexibility index (Phi) is 8.79. The second-order valence-corrected chi connectivity index (χ2v) is 4.10. The number of halogens is 2.